The average molecular weight is 393 g/mol. The van der Waals surface area contributed by atoms with Gasteiger partial charge in [-0.05, 0) is 42.6 Å². The summed E-state index contributed by atoms with van der Waals surface area (Å²) >= 11 is 0. The molecule has 1 fully saturated rings. The highest BCUT2D eigenvalue weighted by Crippen LogP contribution is 2.33. The Kier molecular flexibility index (Phi) is 7.09. The summed E-state index contributed by atoms with van der Waals surface area (Å²) in [6.45, 7) is 0.853. The third-order valence-corrected chi connectivity index (χ3v) is 5.21. The van der Waals surface area contributed by atoms with E-state index < -0.39 is 6.04 Å². The Bertz CT molecular complexity index is 868. The zero-order valence-corrected chi connectivity index (χ0v) is 16.9. The normalized spacial score (nSPS) is 17.1. The van der Waals surface area contributed by atoms with Crippen molar-refractivity contribution in [2.45, 2.75) is 37.8 Å². The van der Waals surface area contributed by atoms with Gasteiger partial charge in [0.1, 0.15) is 17.5 Å². The van der Waals surface area contributed by atoms with Crippen LogP contribution in [0.3, 0.4) is 0 Å². The average Bonchev–Trinajstić information content (AvgIpc) is 2.79. The van der Waals surface area contributed by atoms with Gasteiger partial charge < -0.3 is 20.1 Å². The molecule has 0 saturated carbocycles. The Morgan fingerprint density at radius 3 is 2.62 bits per heavy atom. The van der Waals surface area contributed by atoms with Crippen LogP contribution in [-0.2, 0) is 11.2 Å². The first kappa shape index (κ1) is 20.7. The van der Waals surface area contributed by atoms with Crippen molar-refractivity contribution in [2.24, 2.45) is 0 Å². The lowest BCUT2D eigenvalue weighted by Gasteiger charge is -2.23. The van der Waals surface area contributed by atoms with Gasteiger partial charge in [-0.1, -0.05) is 30.7 Å². The molecule has 1 saturated heterocycles. The van der Waals surface area contributed by atoms with Crippen molar-refractivity contribution < 1.29 is 14.3 Å². The summed E-state index contributed by atoms with van der Waals surface area (Å²) in [5, 5.41) is 15.6. The molecule has 2 aromatic carbocycles. The first-order valence-electron chi connectivity index (χ1n) is 9.89. The Labute approximate surface area is 171 Å². The highest BCUT2D eigenvalue weighted by atomic mass is 16.5. The summed E-state index contributed by atoms with van der Waals surface area (Å²) in [6.07, 6.45) is 3.42. The van der Waals surface area contributed by atoms with Crippen LogP contribution in [0.15, 0.2) is 42.5 Å². The number of piperidine rings is 1. The van der Waals surface area contributed by atoms with Crippen LogP contribution in [0.2, 0.25) is 0 Å². The number of ether oxygens (including phenoxy) is 2. The molecule has 1 aliphatic rings. The summed E-state index contributed by atoms with van der Waals surface area (Å²) in [5.41, 5.74) is 2.97. The van der Waals surface area contributed by atoms with Crippen LogP contribution in [0, 0.1) is 11.3 Å². The molecule has 1 heterocycles. The van der Waals surface area contributed by atoms with Gasteiger partial charge in [0.15, 0.2) is 0 Å². The van der Waals surface area contributed by atoms with Crippen molar-refractivity contribution in [1.82, 2.24) is 10.6 Å². The van der Waals surface area contributed by atoms with Crippen molar-refractivity contribution in [1.29, 1.82) is 5.26 Å². The topological polar surface area (TPSA) is 83.4 Å². The van der Waals surface area contributed by atoms with Gasteiger partial charge in [0, 0.05) is 18.1 Å². The monoisotopic (exact) mass is 393 g/mol. The third-order valence-electron chi connectivity index (χ3n) is 5.21. The molecule has 0 aromatic heterocycles. The molecule has 1 aliphatic heterocycles. The molecule has 0 bridgehead atoms. The lowest BCUT2D eigenvalue weighted by atomic mass is 9.99. The number of nitrogens with one attached hydrogen (secondary N) is 2. The van der Waals surface area contributed by atoms with Crippen LogP contribution in [0.4, 0.5) is 0 Å². The maximum absolute atomic E-state index is 12.4. The van der Waals surface area contributed by atoms with E-state index in [0.717, 1.165) is 54.0 Å². The van der Waals surface area contributed by atoms with Crippen LogP contribution < -0.4 is 20.1 Å². The van der Waals surface area contributed by atoms with E-state index in [4.69, 9.17) is 9.47 Å². The molecule has 0 aliphatic carbocycles. The SMILES string of the molecule is COc1ccc(-c2ccc(C[C@@H](C#N)NC(=O)C3CCCCN3)cc2)c(OC)c1. The van der Waals surface area contributed by atoms with E-state index in [1.165, 1.54) is 0 Å². The second-order valence-corrected chi connectivity index (χ2v) is 7.16. The van der Waals surface area contributed by atoms with Gasteiger partial charge in [-0.15, -0.1) is 0 Å². The van der Waals surface area contributed by atoms with Crippen molar-refractivity contribution >= 4 is 5.91 Å². The minimum absolute atomic E-state index is 0.0872. The van der Waals surface area contributed by atoms with Crippen LogP contribution in [0.25, 0.3) is 11.1 Å². The Balaban J connectivity index is 1.66. The molecule has 29 heavy (non-hydrogen) atoms. The number of nitrogens with zero attached hydrogens (tertiary/aromatic N) is 1. The van der Waals surface area contributed by atoms with Crippen LogP contribution in [0.1, 0.15) is 24.8 Å². The van der Waals surface area contributed by atoms with E-state index in [0.29, 0.717) is 6.42 Å². The Hall–Kier alpha value is -3.04. The number of nitriles is 1. The van der Waals surface area contributed by atoms with Gasteiger partial charge in [-0.3, -0.25) is 4.79 Å². The van der Waals surface area contributed by atoms with Crippen LogP contribution in [0.5, 0.6) is 11.5 Å². The summed E-state index contributed by atoms with van der Waals surface area (Å²) in [4.78, 5) is 12.4. The van der Waals surface area contributed by atoms with Crippen LogP contribution in [-0.4, -0.2) is 38.8 Å². The van der Waals surface area contributed by atoms with E-state index in [1.807, 2.05) is 42.5 Å². The fourth-order valence-corrected chi connectivity index (χ4v) is 3.57. The summed E-state index contributed by atoms with van der Waals surface area (Å²) in [5.74, 6) is 1.39. The molecule has 2 atom stereocenters. The second kappa shape index (κ2) is 9.94. The Morgan fingerprint density at radius 2 is 2.00 bits per heavy atom. The van der Waals surface area contributed by atoms with Gasteiger partial charge in [-0.2, -0.15) is 5.26 Å². The number of hydrogen-bond acceptors (Lipinski definition) is 5. The van der Waals surface area contributed by atoms with Crippen molar-refractivity contribution in [3.05, 3.63) is 48.0 Å². The first-order chi connectivity index (χ1) is 14.1. The van der Waals surface area contributed by atoms with E-state index in [-0.39, 0.29) is 11.9 Å². The summed E-state index contributed by atoms with van der Waals surface area (Å²) in [7, 11) is 3.26. The lowest BCUT2D eigenvalue weighted by Crippen LogP contribution is -2.49. The maximum Gasteiger partial charge on any atom is 0.238 e. The second-order valence-electron chi connectivity index (χ2n) is 7.16. The molecule has 2 aromatic rings. The fraction of sp³-hybridized carbons (Fsp3) is 0.391. The van der Waals surface area contributed by atoms with E-state index >= 15 is 0 Å². The lowest BCUT2D eigenvalue weighted by molar-refractivity contribution is -0.124. The smallest absolute Gasteiger partial charge is 0.238 e. The van der Waals surface area contributed by atoms with E-state index in [2.05, 4.69) is 16.7 Å². The quantitative estimate of drug-likeness (QED) is 0.755. The molecule has 6 heteroatoms. The predicted molar refractivity (Wildman–Crippen MR) is 112 cm³/mol. The highest BCUT2D eigenvalue weighted by Gasteiger charge is 2.23. The van der Waals surface area contributed by atoms with Crippen LogP contribution >= 0.6 is 0 Å². The Morgan fingerprint density at radius 1 is 1.21 bits per heavy atom. The molecule has 152 valence electrons. The standard InChI is InChI=1S/C23H27N3O3/c1-28-19-10-11-20(22(14-19)29-2)17-8-6-16(7-9-17)13-18(15-24)26-23(27)21-5-3-4-12-25-21/h6-11,14,18,21,25H,3-5,12-13H2,1-2H3,(H,26,27)/t18-,21?/m0/s1. The zero-order chi connectivity index (χ0) is 20.6. The fourth-order valence-electron chi connectivity index (χ4n) is 3.57. The van der Waals surface area contributed by atoms with Gasteiger partial charge >= 0.3 is 0 Å². The van der Waals surface area contributed by atoms with E-state index in [9.17, 15) is 10.1 Å². The molecule has 0 radical (unpaired) electrons. The number of amides is 1. The molecule has 2 N–H and O–H groups in total. The van der Waals surface area contributed by atoms with Gasteiger partial charge in [-0.25, -0.2) is 0 Å². The van der Waals surface area contributed by atoms with Gasteiger partial charge in [0.25, 0.3) is 0 Å². The van der Waals surface area contributed by atoms with Crippen molar-refractivity contribution in [3.63, 3.8) is 0 Å². The number of rotatable bonds is 7. The molecule has 0 spiro atoms. The first-order valence-corrected chi connectivity index (χ1v) is 9.89. The molecule has 3 rings (SSSR count). The minimum Gasteiger partial charge on any atom is -0.497 e. The number of methoxy groups -OCH3 is 2. The maximum atomic E-state index is 12.4. The molecule has 1 unspecified atom stereocenters. The van der Waals surface area contributed by atoms with Crippen molar-refractivity contribution in [3.8, 4) is 28.7 Å². The van der Waals surface area contributed by atoms with Gasteiger partial charge in [0.2, 0.25) is 5.91 Å². The number of carbonyl (C=O) groups excluding carboxylic acids is 1. The molecular weight excluding hydrogens is 366 g/mol. The largest absolute Gasteiger partial charge is 0.497 e. The van der Waals surface area contributed by atoms with Gasteiger partial charge in [0.05, 0.1) is 26.3 Å². The van der Waals surface area contributed by atoms with Crippen molar-refractivity contribution in [2.75, 3.05) is 20.8 Å². The number of carbonyl (C=O) groups is 1. The predicted octanol–water partition coefficient (Wildman–Crippen LogP) is 3.06. The molecule has 1 amide bonds. The summed E-state index contributed by atoms with van der Waals surface area (Å²) < 4.78 is 10.7. The summed E-state index contributed by atoms with van der Waals surface area (Å²) in [6, 6.07) is 15.1. The molecular formula is C23H27N3O3. The third kappa shape index (κ3) is 5.27. The zero-order valence-electron chi connectivity index (χ0n) is 16.9. The minimum atomic E-state index is -0.549. The van der Waals surface area contributed by atoms with E-state index in [1.54, 1.807) is 14.2 Å². The number of benzene rings is 2. The molecule has 6 nitrogen and oxygen atoms in total. The highest BCUT2D eigenvalue weighted by molar-refractivity contribution is 5.82. The number of hydrogen-bond donors (Lipinski definition) is 2.